The van der Waals surface area contributed by atoms with Crippen LogP contribution in [0.5, 0.6) is 0 Å². The molecule has 0 heterocycles. The molecular formula is C25H40O6S. The highest BCUT2D eigenvalue weighted by atomic mass is 32.2. The highest BCUT2D eigenvalue weighted by molar-refractivity contribution is 7.86. The number of hydrogen-bond donors (Lipinski definition) is 3. The Morgan fingerprint density at radius 2 is 1.94 bits per heavy atom. The van der Waals surface area contributed by atoms with E-state index in [2.05, 4.69) is 19.1 Å². The molecule has 0 saturated heterocycles. The van der Waals surface area contributed by atoms with Crippen LogP contribution < -0.4 is 0 Å². The van der Waals surface area contributed by atoms with Gasteiger partial charge >= 0.3 is 0 Å². The fourth-order valence-electron chi connectivity index (χ4n) is 6.94. The topological polar surface area (TPSA) is 104 Å². The molecular weight excluding hydrogens is 428 g/mol. The highest BCUT2D eigenvalue weighted by Crippen LogP contribution is 2.55. The van der Waals surface area contributed by atoms with Crippen molar-refractivity contribution >= 4 is 10.1 Å². The average molecular weight is 469 g/mol. The van der Waals surface area contributed by atoms with E-state index in [-0.39, 0.29) is 31.3 Å². The van der Waals surface area contributed by atoms with Gasteiger partial charge in [-0.2, -0.15) is 8.42 Å². The molecule has 8 atom stereocenters. The zero-order chi connectivity index (χ0) is 22.9. The van der Waals surface area contributed by atoms with E-state index < -0.39 is 21.5 Å². The van der Waals surface area contributed by atoms with Gasteiger partial charge in [-0.3, -0.25) is 4.55 Å². The van der Waals surface area contributed by atoms with Crippen LogP contribution in [0.25, 0.3) is 0 Å². The lowest BCUT2D eigenvalue weighted by Crippen LogP contribution is -2.41. The summed E-state index contributed by atoms with van der Waals surface area (Å²) < 4.78 is 39.2. The van der Waals surface area contributed by atoms with Crippen LogP contribution in [0.3, 0.4) is 0 Å². The van der Waals surface area contributed by atoms with E-state index in [1.54, 1.807) is 5.57 Å². The minimum absolute atomic E-state index is 0.0820. The molecule has 0 amide bonds. The molecule has 182 valence electrons. The van der Waals surface area contributed by atoms with Gasteiger partial charge in [0, 0.05) is 19.8 Å². The van der Waals surface area contributed by atoms with Gasteiger partial charge in [-0.05, 0) is 86.9 Å². The zero-order valence-electron chi connectivity index (χ0n) is 19.2. The molecule has 6 nitrogen and oxygen atoms in total. The minimum atomic E-state index is -4.35. The van der Waals surface area contributed by atoms with Gasteiger partial charge in [0.25, 0.3) is 10.1 Å². The summed E-state index contributed by atoms with van der Waals surface area (Å²) >= 11 is 0. The van der Waals surface area contributed by atoms with Crippen molar-refractivity contribution < 1.29 is 27.9 Å². The predicted molar refractivity (Wildman–Crippen MR) is 124 cm³/mol. The molecule has 0 radical (unpaired) electrons. The first-order valence-corrected chi connectivity index (χ1v) is 14.1. The normalized spacial score (nSPS) is 35.2. The first-order valence-electron chi connectivity index (χ1n) is 12.6. The van der Waals surface area contributed by atoms with Gasteiger partial charge in [0.1, 0.15) is 5.25 Å². The monoisotopic (exact) mass is 468 g/mol. The molecule has 32 heavy (non-hydrogen) atoms. The third-order valence-corrected chi connectivity index (χ3v) is 9.78. The molecule has 4 aliphatic rings. The van der Waals surface area contributed by atoms with E-state index in [0.717, 1.165) is 38.9 Å². The number of unbranched alkanes of at least 4 members (excludes halogenated alkanes) is 1. The van der Waals surface area contributed by atoms with Crippen molar-refractivity contribution in [3.8, 4) is 0 Å². The lowest BCUT2D eigenvalue weighted by molar-refractivity contribution is 0.0809. The zero-order valence-corrected chi connectivity index (χ0v) is 20.0. The molecule has 0 spiro atoms. The molecule has 4 bridgehead atoms. The molecule has 0 aromatic heterocycles. The molecule has 2 saturated carbocycles. The molecule has 4 aliphatic carbocycles. The Labute approximate surface area is 192 Å². The van der Waals surface area contributed by atoms with Crippen LogP contribution in [0.2, 0.25) is 0 Å². The summed E-state index contributed by atoms with van der Waals surface area (Å²) in [6.07, 6.45) is 11.6. The summed E-state index contributed by atoms with van der Waals surface area (Å²) in [5, 5.41) is 18.7. The second-order valence-corrected chi connectivity index (χ2v) is 12.2. The standard InChI is InChI=1S/C25H40O6S/c1-2-3-7-31-15-21-9-16-8-19(22(21)10-16)11-17-12-20-13-18(17)14-23(20)25(27)24(5-4-6-26)32(28,29)30/h8,12,16,18,20-27H,2-7,9-11,13-15H2,1H3,(H,28,29,30)/t16-,18-,20+,21?,22+,23?,24?,25?/m0/s1. The van der Waals surface area contributed by atoms with Crippen LogP contribution >= 0.6 is 0 Å². The van der Waals surface area contributed by atoms with Crippen molar-refractivity contribution in [1.82, 2.24) is 0 Å². The fourth-order valence-corrected chi connectivity index (χ4v) is 7.96. The summed E-state index contributed by atoms with van der Waals surface area (Å²) in [5.74, 6) is 2.43. The van der Waals surface area contributed by atoms with Gasteiger partial charge < -0.3 is 14.9 Å². The van der Waals surface area contributed by atoms with Crippen LogP contribution in [0.1, 0.15) is 64.7 Å². The Bertz CT molecular complexity index is 818. The van der Waals surface area contributed by atoms with E-state index in [1.807, 2.05) is 0 Å². The third-order valence-electron chi connectivity index (χ3n) is 8.50. The second kappa shape index (κ2) is 10.3. The van der Waals surface area contributed by atoms with E-state index in [4.69, 9.17) is 9.84 Å². The summed E-state index contributed by atoms with van der Waals surface area (Å²) in [7, 11) is -4.35. The molecule has 0 aromatic carbocycles. The maximum absolute atomic E-state index is 11.8. The number of ether oxygens (including phenoxy) is 1. The number of hydrogen-bond acceptors (Lipinski definition) is 5. The van der Waals surface area contributed by atoms with Crippen molar-refractivity contribution in [3.05, 3.63) is 23.3 Å². The number of fused-ring (bicyclic) bond motifs is 4. The Morgan fingerprint density at radius 3 is 2.56 bits per heavy atom. The van der Waals surface area contributed by atoms with Crippen molar-refractivity contribution in [2.24, 2.45) is 35.5 Å². The van der Waals surface area contributed by atoms with Gasteiger partial charge in [0.2, 0.25) is 0 Å². The quantitative estimate of drug-likeness (QED) is 0.216. The summed E-state index contributed by atoms with van der Waals surface area (Å²) in [5.41, 5.74) is 3.03. The van der Waals surface area contributed by atoms with E-state index in [9.17, 15) is 18.1 Å². The van der Waals surface area contributed by atoms with Crippen molar-refractivity contribution in [2.45, 2.75) is 76.1 Å². The van der Waals surface area contributed by atoms with Crippen LogP contribution in [-0.2, 0) is 14.9 Å². The smallest absolute Gasteiger partial charge is 0.270 e. The lowest BCUT2D eigenvalue weighted by Gasteiger charge is -2.31. The van der Waals surface area contributed by atoms with Gasteiger partial charge in [0.15, 0.2) is 0 Å². The van der Waals surface area contributed by atoms with Crippen LogP contribution in [-0.4, -0.2) is 54.4 Å². The van der Waals surface area contributed by atoms with Crippen LogP contribution in [0.15, 0.2) is 23.3 Å². The van der Waals surface area contributed by atoms with Gasteiger partial charge in [0.05, 0.1) is 6.10 Å². The highest BCUT2D eigenvalue weighted by Gasteiger charge is 2.48. The summed E-state index contributed by atoms with van der Waals surface area (Å²) in [4.78, 5) is 0. The fraction of sp³-hybridized carbons (Fsp3) is 0.840. The van der Waals surface area contributed by atoms with Crippen molar-refractivity contribution in [1.29, 1.82) is 0 Å². The number of aliphatic hydroxyl groups excluding tert-OH is 2. The molecule has 4 unspecified atom stereocenters. The predicted octanol–water partition coefficient (Wildman–Crippen LogP) is 3.75. The first kappa shape index (κ1) is 24.4. The summed E-state index contributed by atoms with van der Waals surface area (Å²) in [6, 6.07) is 0. The molecule has 2 fully saturated rings. The second-order valence-electron chi connectivity index (χ2n) is 10.6. The molecule has 4 rings (SSSR count). The third kappa shape index (κ3) is 5.17. The van der Waals surface area contributed by atoms with Crippen molar-refractivity contribution in [2.75, 3.05) is 19.8 Å². The van der Waals surface area contributed by atoms with Gasteiger partial charge in [-0.15, -0.1) is 0 Å². The molecule has 7 heteroatoms. The SMILES string of the molecule is CCCCOCC1C[C@@H]2C=C(CC3=C[C@@H]4C[C@H]3CC4C(O)C(CCCO)S(=O)(=O)O)[C@H]1C2. The van der Waals surface area contributed by atoms with Crippen molar-refractivity contribution in [3.63, 3.8) is 0 Å². The van der Waals surface area contributed by atoms with E-state index in [1.165, 1.54) is 24.8 Å². The first-order chi connectivity index (χ1) is 15.3. The number of aliphatic hydroxyl groups is 2. The Balaban J connectivity index is 1.35. The Hall–Kier alpha value is -0.730. The maximum Gasteiger partial charge on any atom is 0.270 e. The molecule has 0 aromatic rings. The molecule has 3 N–H and O–H groups in total. The van der Waals surface area contributed by atoms with Gasteiger partial charge in [-0.1, -0.05) is 36.6 Å². The molecule has 0 aliphatic heterocycles. The minimum Gasteiger partial charge on any atom is -0.396 e. The van der Waals surface area contributed by atoms with E-state index in [0.29, 0.717) is 23.7 Å². The Kier molecular flexibility index (Phi) is 7.82. The average Bonchev–Trinajstić information content (AvgIpc) is 3.50. The van der Waals surface area contributed by atoms with E-state index >= 15 is 0 Å². The lowest BCUT2D eigenvalue weighted by atomic mass is 9.79. The number of rotatable bonds is 13. The summed E-state index contributed by atoms with van der Waals surface area (Å²) in [6.45, 7) is 3.78. The van der Waals surface area contributed by atoms with Crippen LogP contribution in [0.4, 0.5) is 0 Å². The largest absolute Gasteiger partial charge is 0.396 e. The maximum atomic E-state index is 11.8. The Morgan fingerprint density at radius 1 is 1.12 bits per heavy atom. The van der Waals surface area contributed by atoms with Gasteiger partial charge in [-0.25, -0.2) is 0 Å². The number of allylic oxidation sites excluding steroid dienone is 4. The van der Waals surface area contributed by atoms with Crippen LogP contribution in [0, 0.1) is 35.5 Å².